The molecular weight excluding hydrogens is 556 g/mol. The van der Waals surface area contributed by atoms with Crippen molar-refractivity contribution in [3.05, 3.63) is 60.7 Å². The molecule has 0 N–H and O–H groups in total. The van der Waals surface area contributed by atoms with Crippen LogP contribution in [0, 0.1) is 40.9 Å². The Balaban J connectivity index is 0.942. The number of anilines is 1. The van der Waals surface area contributed by atoms with Crippen molar-refractivity contribution in [2.24, 2.45) is 29.6 Å². The number of aromatic nitrogens is 4. The first-order chi connectivity index (χ1) is 21.6. The van der Waals surface area contributed by atoms with Gasteiger partial charge in [0.1, 0.15) is 23.4 Å². The highest BCUT2D eigenvalue weighted by atomic mass is 16.5. The lowest BCUT2D eigenvalue weighted by atomic mass is 10.0. The summed E-state index contributed by atoms with van der Waals surface area (Å²) in [5.74, 6) is 6.30. The molecule has 10 nitrogen and oxygen atoms in total. The molecule has 4 fully saturated rings. The van der Waals surface area contributed by atoms with Crippen LogP contribution in [0.2, 0.25) is 0 Å². The highest BCUT2D eigenvalue weighted by Crippen LogP contribution is 2.58. The van der Waals surface area contributed by atoms with Gasteiger partial charge >= 0.3 is 0 Å². The van der Waals surface area contributed by atoms with Crippen LogP contribution in [0.3, 0.4) is 0 Å². The normalized spacial score (nSPS) is 28.5. The molecule has 0 amide bonds. The summed E-state index contributed by atoms with van der Waals surface area (Å²) in [5, 5.41) is 14.2. The van der Waals surface area contributed by atoms with Crippen molar-refractivity contribution in [3.8, 4) is 34.6 Å². The summed E-state index contributed by atoms with van der Waals surface area (Å²) >= 11 is 0. The average molecular weight is 593 g/mol. The van der Waals surface area contributed by atoms with Crippen molar-refractivity contribution in [3.63, 3.8) is 0 Å². The summed E-state index contributed by atoms with van der Waals surface area (Å²) in [6.07, 6.45) is 12.1. The lowest BCUT2D eigenvalue weighted by molar-refractivity contribution is 0.0900. The summed E-state index contributed by atoms with van der Waals surface area (Å²) in [4.78, 5) is 11.5. The molecule has 5 heterocycles. The van der Waals surface area contributed by atoms with Crippen LogP contribution in [0.1, 0.15) is 31.2 Å². The van der Waals surface area contributed by atoms with Gasteiger partial charge in [0.25, 0.3) is 0 Å². The molecule has 0 spiro atoms. The molecule has 10 heteroatoms. The van der Waals surface area contributed by atoms with E-state index < -0.39 is 0 Å². The summed E-state index contributed by atoms with van der Waals surface area (Å²) in [5.41, 5.74) is 3.15. The Kier molecular flexibility index (Phi) is 6.78. The van der Waals surface area contributed by atoms with Gasteiger partial charge < -0.3 is 23.8 Å². The second kappa shape index (κ2) is 11.0. The molecule has 0 bridgehead atoms. The lowest BCUT2D eigenvalue weighted by Crippen LogP contribution is -2.24. The third-order valence-corrected chi connectivity index (χ3v) is 10.4. The molecular formula is C34H36N6O4. The predicted molar refractivity (Wildman–Crippen MR) is 163 cm³/mol. The first-order valence-corrected chi connectivity index (χ1v) is 15.5. The van der Waals surface area contributed by atoms with Gasteiger partial charge in [0.2, 0.25) is 5.88 Å². The number of hydrogen-bond acceptors (Lipinski definition) is 9. The molecule has 4 aliphatic rings. The van der Waals surface area contributed by atoms with E-state index in [4.69, 9.17) is 23.9 Å². The Morgan fingerprint density at radius 2 is 1.73 bits per heavy atom. The maximum absolute atomic E-state index is 9.79. The summed E-state index contributed by atoms with van der Waals surface area (Å²) in [7, 11) is 3.42. The van der Waals surface area contributed by atoms with Crippen LogP contribution in [0.25, 0.3) is 16.6 Å². The van der Waals surface area contributed by atoms with E-state index in [1.807, 2.05) is 37.7 Å². The summed E-state index contributed by atoms with van der Waals surface area (Å²) in [6.45, 7) is 2.64. The zero-order valence-corrected chi connectivity index (χ0v) is 25.0. The van der Waals surface area contributed by atoms with Crippen molar-refractivity contribution < 1.29 is 18.9 Å². The standard InChI is InChI=1S/C34H36N6O4/c1-41-25-9-29-30(10-25)31(29)19-43-27-11-28(34-23(12-35)14-38-40(34)18-27)20-3-5-32(36-13-20)39-16-21-7-26(8-22(21)17-39)44-24-4-6-33(42-2)37-15-24/h3-6,11,13-15,18,21-22,25-26,29-31H,7-10,16-17,19H2,1-2H3. The van der Waals surface area contributed by atoms with Crippen molar-refractivity contribution >= 4 is 11.3 Å². The van der Waals surface area contributed by atoms with Crippen LogP contribution in [-0.2, 0) is 4.74 Å². The van der Waals surface area contributed by atoms with E-state index in [0.29, 0.717) is 53.7 Å². The Morgan fingerprint density at radius 1 is 0.909 bits per heavy atom. The minimum Gasteiger partial charge on any atom is -0.492 e. The number of ether oxygens (including phenoxy) is 4. The first kappa shape index (κ1) is 27.2. The number of nitriles is 1. The van der Waals surface area contributed by atoms with Crippen LogP contribution >= 0.6 is 0 Å². The van der Waals surface area contributed by atoms with Crippen LogP contribution in [0.4, 0.5) is 5.82 Å². The van der Waals surface area contributed by atoms with E-state index in [2.05, 4.69) is 33.2 Å². The minimum absolute atomic E-state index is 0.210. The fraction of sp³-hybridized carbons (Fsp3) is 0.471. The Hall–Kier alpha value is -4.36. The van der Waals surface area contributed by atoms with E-state index >= 15 is 0 Å². The van der Waals surface area contributed by atoms with Crippen LogP contribution in [0.15, 0.2) is 55.1 Å². The largest absolute Gasteiger partial charge is 0.492 e. The zero-order chi connectivity index (χ0) is 29.8. The molecule has 4 aromatic heterocycles. The van der Waals surface area contributed by atoms with E-state index in [-0.39, 0.29) is 6.10 Å². The van der Waals surface area contributed by atoms with Gasteiger partial charge in [0.15, 0.2) is 0 Å². The van der Waals surface area contributed by atoms with Gasteiger partial charge in [-0.3, -0.25) is 0 Å². The second-order valence-electron chi connectivity index (χ2n) is 12.8. The van der Waals surface area contributed by atoms with E-state index in [1.165, 1.54) is 0 Å². The molecule has 1 saturated heterocycles. The van der Waals surface area contributed by atoms with Crippen LogP contribution < -0.4 is 19.1 Å². The van der Waals surface area contributed by atoms with Gasteiger partial charge in [-0.25, -0.2) is 14.5 Å². The molecule has 3 saturated carbocycles. The molecule has 4 unspecified atom stereocenters. The molecule has 0 radical (unpaired) electrons. The fourth-order valence-corrected chi connectivity index (χ4v) is 8.05. The first-order valence-electron chi connectivity index (χ1n) is 15.5. The van der Waals surface area contributed by atoms with Gasteiger partial charge in [0.05, 0.1) is 55.6 Å². The second-order valence-corrected chi connectivity index (χ2v) is 12.8. The number of nitrogens with zero attached hydrogens (tertiary/aromatic N) is 6. The molecule has 44 heavy (non-hydrogen) atoms. The summed E-state index contributed by atoms with van der Waals surface area (Å²) < 4.78 is 25.0. The highest BCUT2D eigenvalue weighted by molar-refractivity contribution is 5.85. The van der Waals surface area contributed by atoms with Crippen molar-refractivity contribution in [2.75, 3.05) is 38.8 Å². The van der Waals surface area contributed by atoms with Gasteiger partial charge in [0, 0.05) is 43.6 Å². The van der Waals surface area contributed by atoms with Crippen LogP contribution in [-0.4, -0.2) is 65.7 Å². The van der Waals surface area contributed by atoms with Gasteiger partial charge in [-0.15, -0.1) is 0 Å². The molecule has 1 aliphatic heterocycles. The Morgan fingerprint density at radius 3 is 2.39 bits per heavy atom. The number of rotatable bonds is 9. The van der Waals surface area contributed by atoms with Gasteiger partial charge in [-0.05, 0) is 79.5 Å². The lowest BCUT2D eigenvalue weighted by Gasteiger charge is -2.21. The molecule has 3 aliphatic carbocycles. The van der Waals surface area contributed by atoms with Crippen molar-refractivity contribution in [1.82, 2.24) is 19.6 Å². The topological polar surface area (TPSA) is 107 Å². The van der Waals surface area contributed by atoms with Gasteiger partial charge in [-0.1, -0.05) is 0 Å². The quantitative estimate of drug-likeness (QED) is 0.265. The fourth-order valence-electron chi connectivity index (χ4n) is 8.05. The van der Waals surface area contributed by atoms with E-state index in [9.17, 15) is 5.26 Å². The number of fused-ring (bicyclic) bond motifs is 3. The zero-order valence-electron chi connectivity index (χ0n) is 25.0. The third-order valence-electron chi connectivity index (χ3n) is 10.4. The maximum Gasteiger partial charge on any atom is 0.213 e. The molecule has 4 aromatic rings. The Labute approximate surface area is 256 Å². The molecule has 4 atom stereocenters. The van der Waals surface area contributed by atoms with E-state index in [0.717, 1.165) is 72.7 Å². The molecule has 8 rings (SSSR count). The van der Waals surface area contributed by atoms with E-state index in [1.54, 1.807) is 24.0 Å². The average Bonchev–Trinajstić information content (AvgIpc) is 3.58. The Bertz CT molecular complexity index is 1670. The molecule has 226 valence electrons. The minimum atomic E-state index is 0.210. The smallest absolute Gasteiger partial charge is 0.213 e. The monoisotopic (exact) mass is 592 g/mol. The van der Waals surface area contributed by atoms with Crippen molar-refractivity contribution in [2.45, 2.75) is 37.9 Å². The number of methoxy groups -OCH3 is 2. The SMILES string of the molecule is COc1ccc(OC2CC3CN(c4ccc(-c5cc(OCC6C7CC(OC)CC67)cn6ncc(C#N)c56)cn4)CC3C2)cn1. The highest BCUT2D eigenvalue weighted by Gasteiger charge is 2.56. The predicted octanol–water partition coefficient (Wildman–Crippen LogP) is 5.02. The third kappa shape index (κ3) is 4.89. The number of pyridine rings is 3. The van der Waals surface area contributed by atoms with Gasteiger partial charge in [-0.2, -0.15) is 10.4 Å². The number of hydrogen-bond donors (Lipinski definition) is 0. The van der Waals surface area contributed by atoms with Crippen molar-refractivity contribution in [1.29, 1.82) is 5.26 Å². The summed E-state index contributed by atoms with van der Waals surface area (Å²) in [6, 6.07) is 12.3. The van der Waals surface area contributed by atoms with Crippen LogP contribution in [0.5, 0.6) is 17.4 Å². The molecule has 0 aromatic carbocycles. The maximum atomic E-state index is 9.79.